The van der Waals surface area contributed by atoms with E-state index in [-0.39, 0.29) is 29.0 Å². The Kier molecular flexibility index (Phi) is 3.11. The maximum Gasteiger partial charge on any atom is 0.340 e. The number of benzene rings is 1. The zero-order chi connectivity index (χ0) is 18.9. The molecular weight excluding hydrogens is 352 g/mol. The maximum atomic E-state index is 12.9. The number of rotatable bonds is 1. The molecule has 0 aliphatic carbocycles. The topological polar surface area (TPSA) is 111 Å². The molecule has 5 rings (SSSR count). The molecule has 8 nitrogen and oxygen atoms in total. The molecule has 1 atom stereocenters. The van der Waals surface area contributed by atoms with Gasteiger partial charge in [0.15, 0.2) is 17.6 Å². The summed E-state index contributed by atoms with van der Waals surface area (Å²) >= 11 is 0. The van der Waals surface area contributed by atoms with Gasteiger partial charge in [-0.05, 0) is 24.3 Å². The quantitative estimate of drug-likeness (QED) is 0.487. The number of aliphatic hydroxyl groups excluding tert-OH is 1. The van der Waals surface area contributed by atoms with Crippen LogP contribution in [0.1, 0.15) is 22.8 Å². The van der Waals surface area contributed by atoms with Gasteiger partial charge in [-0.25, -0.2) is 9.78 Å². The molecule has 2 aromatic heterocycles. The van der Waals surface area contributed by atoms with Gasteiger partial charge in [0.05, 0.1) is 30.6 Å². The number of nitrogens with zero attached hydrogens (tertiary/aromatic N) is 2. The summed E-state index contributed by atoms with van der Waals surface area (Å²) < 4.78 is 11.5. The van der Waals surface area contributed by atoms with Crippen molar-refractivity contribution >= 4 is 16.9 Å². The van der Waals surface area contributed by atoms with Gasteiger partial charge in [-0.3, -0.25) is 4.79 Å². The van der Waals surface area contributed by atoms with Gasteiger partial charge in [-0.2, -0.15) is 0 Å². The number of methoxy groups -OCH3 is 1. The standard InChI is InChI=1S/C19H14N2O6/c1-26-13-3-2-8-4-9-6-21-12(14(9)20-15(8)17(13)23)5-10-11(18(21)24)7-27-19(25)16(10)22/h2-5,16,22-23H,6-7H2,1H3/t16-/m0/s1. The van der Waals surface area contributed by atoms with Crippen molar-refractivity contribution in [3.63, 3.8) is 0 Å². The van der Waals surface area contributed by atoms with E-state index in [1.807, 2.05) is 6.07 Å². The Morgan fingerprint density at radius 1 is 1.30 bits per heavy atom. The normalized spacial score (nSPS) is 17.3. The number of aromatic hydroxyl groups is 1. The third-order valence-corrected chi connectivity index (χ3v) is 5.11. The van der Waals surface area contributed by atoms with Gasteiger partial charge in [-0.1, -0.05) is 0 Å². The summed E-state index contributed by atoms with van der Waals surface area (Å²) in [7, 11) is 1.45. The number of fused-ring (bicyclic) bond motifs is 5. The highest BCUT2D eigenvalue weighted by Crippen LogP contribution is 2.39. The van der Waals surface area contributed by atoms with E-state index in [0.717, 1.165) is 10.9 Å². The van der Waals surface area contributed by atoms with Gasteiger partial charge in [0.1, 0.15) is 12.1 Å². The number of carbonyl (C=O) groups is 1. The molecule has 1 aromatic carbocycles. The first-order chi connectivity index (χ1) is 13.0. The lowest BCUT2D eigenvalue weighted by molar-refractivity contribution is -0.157. The van der Waals surface area contributed by atoms with Gasteiger partial charge < -0.3 is 24.3 Å². The summed E-state index contributed by atoms with van der Waals surface area (Å²) in [4.78, 5) is 29.1. The number of hydrogen-bond donors (Lipinski definition) is 2. The Morgan fingerprint density at radius 3 is 2.89 bits per heavy atom. The van der Waals surface area contributed by atoms with Crippen LogP contribution in [-0.2, 0) is 22.7 Å². The summed E-state index contributed by atoms with van der Waals surface area (Å²) in [6, 6.07) is 6.90. The fourth-order valence-electron chi connectivity index (χ4n) is 3.73. The smallest absolute Gasteiger partial charge is 0.340 e. The fourth-order valence-corrected chi connectivity index (χ4v) is 3.73. The van der Waals surface area contributed by atoms with E-state index in [1.54, 1.807) is 18.2 Å². The lowest BCUT2D eigenvalue weighted by atomic mass is 10.0. The van der Waals surface area contributed by atoms with Gasteiger partial charge in [0, 0.05) is 16.5 Å². The second-order valence-electron chi connectivity index (χ2n) is 6.55. The Labute approximate surface area is 152 Å². The van der Waals surface area contributed by atoms with Crippen molar-refractivity contribution in [2.45, 2.75) is 19.3 Å². The molecule has 2 N–H and O–H groups in total. The zero-order valence-corrected chi connectivity index (χ0v) is 14.2. The predicted octanol–water partition coefficient (Wildman–Crippen LogP) is 1.23. The average molecular weight is 366 g/mol. The molecule has 0 fully saturated rings. The molecule has 0 saturated carbocycles. The van der Waals surface area contributed by atoms with Crippen LogP contribution in [0.25, 0.3) is 22.3 Å². The maximum absolute atomic E-state index is 12.9. The summed E-state index contributed by atoms with van der Waals surface area (Å²) in [5, 5.41) is 21.2. The van der Waals surface area contributed by atoms with Crippen molar-refractivity contribution in [2.75, 3.05) is 7.11 Å². The highest BCUT2D eigenvalue weighted by atomic mass is 16.5. The number of ether oxygens (including phenoxy) is 2. The predicted molar refractivity (Wildman–Crippen MR) is 93.5 cm³/mol. The molecule has 0 amide bonds. The molecule has 0 saturated heterocycles. The SMILES string of the molecule is COc1ccc2cc3c(nc2c1O)-c1cc2c(c(=O)n1C3)COC(=O)[C@H]2O. The molecule has 8 heteroatoms. The van der Waals surface area contributed by atoms with Crippen LogP contribution in [0.4, 0.5) is 0 Å². The Morgan fingerprint density at radius 2 is 2.11 bits per heavy atom. The van der Waals surface area contributed by atoms with E-state index < -0.39 is 12.1 Å². The van der Waals surface area contributed by atoms with Gasteiger partial charge in [0.25, 0.3) is 5.56 Å². The molecule has 0 bridgehead atoms. The lowest BCUT2D eigenvalue weighted by Gasteiger charge is -2.21. The van der Waals surface area contributed by atoms with Crippen LogP contribution < -0.4 is 10.3 Å². The van der Waals surface area contributed by atoms with Crippen LogP contribution in [0.3, 0.4) is 0 Å². The first-order valence-corrected chi connectivity index (χ1v) is 8.31. The minimum atomic E-state index is -1.50. The molecule has 2 aliphatic heterocycles. The van der Waals surface area contributed by atoms with Crippen LogP contribution in [0, 0.1) is 0 Å². The highest BCUT2D eigenvalue weighted by molar-refractivity contribution is 5.90. The van der Waals surface area contributed by atoms with Gasteiger partial charge in [0.2, 0.25) is 0 Å². The number of carbonyl (C=O) groups excluding carboxylic acids is 1. The highest BCUT2D eigenvalue weighted by Gasteiger charge is 2.33. The minimum absolute atomic E-state index is 0.0832. The van der Waals surface area contributed by atoms with Crippen molar-refractivity contribution in [3.05, 3.63) is 51.3 Å². The Hall–Kier alpha value is -3.39. The molecule has 3 aromatic rings. The number of pyridine rings is 2. The molecule has 136 valence electrons. The summed E-state index contributed by atoms with van der Waals surface area (Å²) in [6.45, 7) is 0.157. The summed E-state index contributed by atoms with van der Waals surface area (Å²) in [6.07, 6.45) is -1.50. The van der Waals surface area contributed by atoms with Crippen molar-refractivity contribution in [3.8, 4) is 22.9 Å². The van der Waals surface area contributed by atoms with Crippen molar-refractivity contribution in [2.24, 2.45) is 0 Å². The Balaban J connectivity index is 1.79. The third kappa shape index (κ3) is 2.04. The third-order valence-electron chi connectivity index (χ3n) is 5.11. The summed E-state index contributed by atoms with van der Waals surface area (Å²) in [5.41, 5.74) is 2.38. The van der Waals surface area contributed by atoms with Crippen LogP contribution >= 0.6 is 0 Å². The fraction of sp³-hybridized carbons (Fsp3) is 0.211. The number of phenolic OH excluding ortho intramolecular Hbond substituents is 1. The number of aliphatic hydroxyl groups is 1. The second-order valence-corrected chi connectivity index (χ2v) is 6.55. The van der Waals surface area contributed by atoms with Crippen molar-refractivity contribution in [1.29, 1.82) is 0 Å². The average Bonchev–Trinajstić information content (AvgIpc) is 3.02. The molecule has 0 radical (unpaired) electrons. The van der Waals surface area contributed by atoms with E-state index in [2.05, 4.69) is 4.98 Å². The van der Waals surface area contributed by atoms with E-state index in [9.17, 15) is 19.8 Å². The van der Waals surface area contributed by atoms with Crippen LogP contribution in [0.2, 0.25) is 0 Å². The van der Waals surface area contributed by atoms with Crippen LogP contribution in [-0.4, -0.2) is 32.8 Å². The first kappa shape index (κ1) is 15.8. The monoisotopic (exact) mass is 366 g/mol. The largest absolute Gasteiger partial charge is 0.503 e. The van der Waals surface area contributed by atoms with Crippen LogP contribution in [0.15, 0.2) is 29.1 Å². The number of esters is 1. The number of cyclic esters (lactones) is 1. The Bertz CT molecular complexity index is 1210. The van der Waals surface area contributed by atoms with E-state index in [4.69, 9.17) is 9.47 Å². The number of aromatic nitrogens is 2. The van der Waals surface area contributed by atoms with Gasteiger partial charge >= 0.3 is 5.97 Å². The van der Waals surface area contributed by atoms with Crippen molar-refractivity contribution in [1.82, 2.24) is 9.55 Å². The molecule has 27 heavy (non-hydrogen) atoms. The van der Waals surface area contributed by atoms with E-state index in [1.165, 1.54) is 11.7 Å². The zero-order valence-electron chi connectivity index (χ0n) is 14.2. The second kappa shape index (κ2) is 5.31. The molecule has 4 heterocycles. The molecule has 0 unspecified atom stereocenters. The van der Waals surface area contributed by atoms with Gasteiger partial charge in [-0.15, -0.1) is 0 Å². The first-order valence-electron chi connectivity index (χ1n) is 8.31. The number of hydrogen-bond acceptors (Lipinski definition) is 7. The van der Waals surface area contributed by atoms with Crippen molar-refractivity contribution < 1.29 is 24.5 Å². The lowest BCUT2D eigenvalue weighted by Crippen LogP contribution is -2.32. The van der Waals surface area contributed by atoms with Crippen LogP contribution in [0.5, 0.6) is 11.5 Å². The molecule has 0 spiro atoms. The van der Waals surface area contributed by atoms with E-state index >= 15 is 0 Å². The molecule has 2 aliphatic rings. The minimum Gasteiger partial charge on any atom is -0.503 e. The van der Waals surface area contributed by atoms with E-state index in [0.29, 0.717) is 29.2 Å². The molecular formula is C19H14N2O6. The summed E-state index contributed by atoms with van der Waals surface area (Å²) in [5.74, 6) is -0.562. The number of phenols is 1.